The topological polar surface area (TPSA) is 20.3 Å². The Bertz CT molecular complexity index is 949. The van der Waals surface area contributed by atoms with E-state index in [2.05, 4.69) is 0 Å². The highest BCUT2D eigenvalue weighted by Gasteiger charge is 2.27. The van der Waals surface area contributed by atoms with Gasteiger partial charge in [-0.1, -0.05) is 29.8 Å². The smallest absolute Gasteiger partial charge is 0.177 e. The molecule has 1 aromatic carbocycles. The van der Waals surface area contributed by atoms with Crippen molar-refractivity contribution in [1.29, 1.82) is 0 Å². The number of thiophene rings is 1. The quantitative estimate of drug-likeness (QED) is 0.732. The minimum atomic E-state index is -2.10. The van der Waals surface area contributed by atoms with Crippen molar-refractivity contribution >= 4 is 22.7 Å². The van der Waals surface area contributed by atoms with Gasteiger partial charge >= 0.3 is 0 Å². The van der Waals surface area contributed by atoms with Gasteiger partial charge in [0, 0.05) is 29.2 Å². The number of nitrogens with zero attached hydrogens (tertiary/aromatic N) is 1. The van der Waals surface area contributed by atoms with Crippen molar-refractivity contribution in [2.75, 3.05) is 20.1 Å². The maximum absolute atomic E-state index is 12.8. The number of hydrogen-bond acceptors (Lipinski definition) is 3. The summed E-state index contributed by atoms with van der Waals surface area (Å²) >= 11 is 1.08. The molecule has 2 heterocycles. The lowest BCUT2D eigenvalue weighted by molar-refractivity contribution is 0.0997. The fourth-order valence-corrected chi connectivity index (χ4v) is 4.00. The van der Waals surface area contributed by atoms with E-state index in [1.165, 1.54) is 4.90 Å². The molecule has 2 aliphatic rings. The normalized spacial score (nSPS) is 22.7. The summed E-state index contributed by atoms with van der Waals surface area (Å²) in [5.74, 6) is -0.0509. The number of rotatable bonds is 0. The van der Waals surface area contributed by atoms with E-state index in [1.54, 1.807) is 0 Å². The summed E-state index contributed by atoms with van der Waals surface area (Å²) in [7, 11) is 0. The number of likely N-dealkylation sites (tertiary alicyclic amines) is 1. The van der Waals surface area contributed by atoms with E-state index in [1.807, 2.05) is 24.3 Å². The third-order valence-corrected chi connectivity index (χ3v) is 5.26. The second kappa shape index (κ2) is 5.49. The van der Waals surface area contributed by atoms with E-state index >= 15 is 0 Å². The number of carbonyl (C=O) groups is 1. The van der Waals surface area contributed by atoms with Crippen LogP contribution in [0.1, 0.15) is 46.1 Å². The minimum Gasteiger partial charge on any atom is -0.306 e. The molecule has 1 aliphatic heterocycles. The zero-order valence-corrected chi connectivity index (χ0v) is 12.9. The van der Waals surface area contributed by atoms with Crippen LogP contribution in [-0.4, -0.2) is 30.7 Å². The van der Waals surface area contributed by atoms with Crippen molar-refractivity contribution in [3.05, 3.63) is 62.8 Å². The van der Waals surface area contributed by atoms with Gasteiger partial charge in [-0.3, -0.25) is 4.79 Å². The molecule has 0 radical (unpaired) electrons. The zero-order chi connectivity index (χ0) is 19.3. The lowest BCUT2D eigenvalue weighted by atomic mass is 9.88. The van der Waals surface area contributed by atoms with E-state index in [0.717, 1.165) is 33.6 Å². The summed E-state index contributed by atoms with van der Waals surface area (Å²) in [6.07, 6.45) is 1.43. The maximum Gasteiger partial charge on any atom is 0.177 e. The number of fused-ring (bicyclic) bond motifs is 2. The number of hydrogen-bond donors (Lipinski definition) is 0. The van der Waals surface area contributed by atoms with Crippen LogP contribution in [0.15, 0.2) is 41.2 Å². The molecule has 1 aromatic heterocycles. The molecule has 0 saturated carbocycles. The van der Waals surface area contributed by atoms with E-state index in [0.29, 0.717) is 36.4 Å². The van der Waals surface area contributed by atoms with Gasteiger partial charge < -0.3 is 4.90 Å². The minimum absolute atomic E-state index is 0.0509. The summed E-state index contributed by atoms with van der Waals surface area (Å²) in [5.41, 5.74) is 4.38. The van der Waals surface area contributed by atoms with Gasteiger partial charge in [0.15, 0.2) is 5.78 Å². The zero-order valence-electron chi connectivity index (χ0n) is 17.1. The highest BCUT2D eigenvalue weighted by molar-refractivity contribution is 7.12. The first kappa shape index (κ1) is 9.43. The van der Waals surface area contributed by atoms with E-state index < -0.39 is 6.98 Å². The molecule has 112 valence electrons. The maximum atomic E-state index is 12.8. The Morgan fingerprint density at radius 3 is 2.86 bits per heavy atom. The molecule has 0 N–H and O–H groups in total. The molecule has 0 spiro atoms. The number of ketones is 1. The van der Waals surface area contributed by atoms with Crippen molar-refractivity contribution in [3.63, 3.8) is 0 Å². The van der Waals surface area contributed by atoms with Gasteiger partial charge in [0.2, 0.25) is 0 Å². The third-order valence-electron chi connectivity index (χ3n) is 4.42. The van der Waals surface area contributed by atoms with Crippen molar-refractivity contribution < 1.29 is 11.6 Å². The first-order valence-corrected chi connectivity index (χ1v) is 8.28. The fourth-order valence-electron chi connectivity index (χ4n) is 3.31. The van der Waals surface area contributed by atoms with Crippen molar-refractivity contribution in [3.8, 4) is 0 Å². The fraction of sp³-hybridized carbons (Fsp3) is 0.316. The van der Waals surface area contributed by atoms with Crippen molar-refractivity contribution in [2.45, 2.75) is 19.3 Å². The van der Waals surface area contributed by atoms with Crippen molar-refractivity contribution in [1.82, 2.24) is 4.90 Å². The first-order chi connectivity index (χ1) is 12.8. The van der Waals surface area contributed by atoms with Gasteiger partial charge in [0.05, 0.1) is 7.62 Å². The standard InChI is InChI=1S/C19H19NOS/c1-20-9-6-13(7-10-20)18-15-5-3-2-4-14(15)12-17(21)19-16(18)8-11-22-19/h2-5,8,11H,6-7,9-10,12H2,1H3/i1D3,8D,11D. The summed E-state index contributed by atoms with van der Waals surface area (Å²) in [4.78, 5) is 14.8. The molecule has 2 nitrogen and oxygen atoms in total. The molecular weight excluding hydrogens is 290 g/mol. The summed E-state index contributed by atoms with van der Waals surface area (Å²) in [5, 5.41) is 0.103. The van der Waals surface area contributed by atoms with Crippen LogP contribution in [0.3, 0.4) is 0 Å². The monoisotopic (exact) mass is 314 g/mol. The molecule has 2 aromatic rings. The summed E-state index contributed by atoms with van der Waals surface area (Å²) < 4.78 is 39.3. The molecule has 0 amide bonds. The molecule has 22 heavy (non-hydrogen) atoms. The Hall–Kier alpha value is -1.71. The molecule has 1 fully saturated rings. The Morgan fingerprint density at radius 1 is 1.23 bits per heavy atom. The van der Waals surface area contributed by atoms with Crippen LogP contribution in [0.5, 0.6) is 0 Å². The summed E-state index contributed by atoms with van der Waals surface area (Å²) in [6.45, 7) is -1.26. The van der Waals surface area contributed by atoms with Gasteiger partial charge in [0.1, 0.15) is 0 Å². The lowest BCUT2D eigenvalue weighted by Gasteiger charge is -2.27. The second-order valence-electron chi connectivity index (χ2n) is 5.76. The summed E-state index contributed by atoms with van der Waals surface area (Å²) in [6, 6.07) is 7.83. The molecule has 0 bridgehead atoms. The van der Waals surface area contributed by atoms with Crippen LogP contribution in [0.2, 0.25) is 0 Å². The van der Waals surface area contributed by atoms with Crippen LogP contribution in [0.4, 0.5) is 0 Å². The number of benzene rings is 1. The van der Waals surface area contributed by atoms with Crippen molar-refractivity contribution in [2.24, 2.45) is 0 Å². The molecule has 4 rings (SSSR count). The largest absolute Gasteiger partial charge is 0.306 e. The number of carbonyl (C=O) groups excluding carboxylic acids is 1. The third kappa shape index (κ3) is 2.25. The van der Waals surface area contributed by atoms with Crippen LogP contribution in [0.25, 0.3) is 5.57 Å². The second-order valence-corrected chi connectivity index (χ2v) is 6.57. The number of piperidine rings is 1. The molecule has 0 unspecified atom stereocenters. The predicted molar refractivity (Wildman–Crippen MR) is 91.5 cm³/mol. The average Bonchev–Trinajstić information content (AvgIpc) is 2.85. The van der Waals surface area contributed by atoms with Crippen LogP contribution < -0.4 is 0 Å². The Labute approximate surface area is 142 Å². The molecule has 0 atom stereocenters. The van der Waals surface area contributed by atoms with Gasteiger partial charge in [-0.05, 0) is 47.9 Å². The molecule has 1 saturated heterocycles. The van der Waals surface area contributed by atoms with E-state index in [-0.39, 0.29) is 23.6 Å². The Morgan fingerprint density at radius 2 is 2.05 bits per heavy atom. The molecule has 3 heteroatoms. The Balaban J connectivity index is 1.90. The lowest BCUT2D eigenvalue weighted by Crippen LogP contribution is -2.27. The number of Topliss-reactive ketones (excluding diaryl/α,β-unsaturated/α-hetero) is 1. The predicted octanol–water partition coefficient (Wildman–Crippen LogP) is 4.01. The first-order valence-electron chi connectivity index (χ1n) is 9.96. The van der Waals surface area contributed by atoms with Crippen LogP contribution in [0, 0.1) is 0 Å². The van der Waals surface area contributed by atoms with Gasteiger partial charge in [-0.2, -0.15) is 0 Å². The van der Waals surface area contributed by atoms with E-state index in [9.17, 15) is 4.79 Å². The van der Waals surface area contributed by atoms with Gasteiger partial charge in [-0.15, -0.1) is 11.3 Å². The Kier molecular flexibility index (Phi) is 2.35. The SMILES string of the molecule is [2H]c1sc2c(c1[2H])C(=C1CCN(C([2H])([2H])[2H])CC1)c1ccccc1CC2=O. The van der Waals surface area contributed by atoms with Gasteiger partial charge in [0.25, 0.3) is 0 Å². The highest BCUT2D eigenvalue weighted by Crippen LogP contribution is 2.40. The van der Waals surface area contributed by atoms with Crippen LogP contribution in [-0.2, 0) is 6.42 Å². The highest BCUT2D eigenvalue weighted by atomic mass is 32.1. The van der Waals surface area contributed by atoms with Crippen LogP contribution >= 0.6 is 11.3 Å². The molecule has 1 aliphatic carbocycles. The van der Waals surface area contributed by atoms with E-state index in [4.69, 9.17) is 6.85 Å². The van der Waals surface area contributed by atoms with Gasteiger partial charge in [-0.25, -0.2) is 0 Å². The molecular formula is C19H19NOS. The average molecular weight is 314 g/mol.